The van der Waals surface area contributed by atoms with Crippen LogP contribution >= 0.6 is 0 Å². The first kappa shape index (κ1) is 36.2. The zero-order valence-electron chi connectivity index (χ0n) is 29.5. The van der Waals surface area contributed by atoms with Crippen LogP contribution in [0, 0.1) is 12.8 Å². The summed E-state index contributed by atoms with van der Waals surface area (Å²) >= 11 is 0. The molecule has 272 valence electrons. The average Bonchev–Trinajstić information content (AvgIpc) is 3.59. The maximum Gasteiger partial charge on any atom is 0.242 e. The van der Waals surface area contributed by atoms with Crippen molar-refractivity contribution < 1.29 is 27.8 Å². The minimum absolute atomic E-state index is 0.0313. The van der Waals surface area contributed by atoms with E-state index in [0.717, 1.165) is 38.9 Å². The minimum Gasteiger partial charge on any atom is -0.392 e. The van der Waals surface area contributed by atoms with Gasteiger partial charge in [0.05, 0.1) is 47.6 Å². The molecule has 0 radical (unpaired) electrons. The predicted molar refractivity (Wildman–Crippen MR) is 203 cm³/mol. The van der Waals surface area contributed by atoms with Crippen LogP contribution in [-0.2, 0) is 43.9 Å². The van der Waals surface area contributed by atoms with Crippen molar-refractivity contribution in [3.05, 3.63) is 162 Å². The monoisotopic (exact) mass is 730 g/mol. The summed E-state index contributed by atoms with van der Waals surface area (Å²) in [6, 6.07) is 37.7. The number of hydrogen-bond acceptors (Lipinski definition) is 7. The molecule has 0 aliphatic carbocycles. The van der Waals surface area contributed by atoms with E-state index in [1.54, 1.807) is 24.3 Å². The van der Waals surface area contributed by atoms with Gasteiger partial charge in [0.25, 0.3) is 0 Å². The molecule has 0 spiro atoms. The maximum absolute atomic E-state index is 13.7. The van der Waals surface area contributed by atoms with Crippen LogP contribution in [0.25, 0.3) is 11.0 Å². The third-order valence-corrected chi connectivity index (χ3v) is 11.2. The van der Waals surface area contributed by atoms with Gasteiger partial charge in [0.2, 0.25) is 15.9 Å². The van der Waals surface area contributed by atoms with Crippen LogP contribution in [0.1, 0.15) is 47.1 Å². The van der Waals surface area contributed by atoms with Crippen LogP contribution in [0.15, 0.2) is 139 Å². The molecule has 5 aromatic carbocycles. The number of fused-ring (bicyclic) bond motifs is 1. The van der Waals surface area contributed by atoms with E-state index in [-0.39, 0.29) is 36.0 Å². The number of anilines is 1. The third-order valence-electron chi connectivity index (χ3n) is 9.71. The molecule has 0 bridgehead atoms. The second-order valence-corrected chi connectivity index (χ2v) is 15.2. The number of ether oxygens (including phenoxy) is 2. The largest absolute Gasteiger partial charge is 0.392 e. The standard InChI is InChI=1S/C42H42N4O6S/c1-28-12-22-35(23-13-28)53(49,50)45-37(24-30-8-4-3-5-9-30)41(48)44-34-20-18-33(19-21-34)42-51-39(25-46-27-43-36-10-6-7-11-38(36)46)29(2)40(52-42)32-16-14-31(26-47)15-17-32/h3-23,27,29,37,39-40,42,45,47H,24-26H2,1-2H3,(H,44,48)/t29-,37-,39+,40+,42+/m1/s1. The van der Waals surface area contributed by atoms with Crippen molar-refractivity contribution in [3.63, 3.8) is 0 Å². The van der Waals surface area contributed by atoms with Gasteiger partial charge in [-0.05, 0) is 66.4 Å². The summed E-state index contributed by atoms with van der Waals surface area (Å²) in [5.41, 5.74) is 6.71. The number of para-hydroxylation sites is 2. The van der Waals surface area contributed by atoms with Crippen LogP contribution in [0.2, 0.25) is 0 Å². The highest BCUT2D eigenvalue weighted by Gasteiger charge is 2.39. The fourth-order valence-electron chi connectivity index (χ4n) is 6.64. The number of aromatic nitrogens is 2. The SMILES string of the molecule is Cc1ccc(S(=O)(=O)N[C@H](Cc2ccccc2)C(=O)Nc2ccc([C@H]3O[C@@H](Cn4cnc5ccccc54)[C@@H](C)[C@@H](c4ccc(CO)cc4)O3)cc2)cc1. The van der Waals surface area contributed by atoms with Gasteiger partial charge in [-0.1, -0.05) is 103 Å². The number of nitrogens with zero attached hydrogens (tertiary/aromatic N) is 2. The van der Waals surface area contributed by atoms with E-state index in [9.17, 15) is 18.3 Å². The Morgan fingerprint density at radius 1 is 0.830 bits per heavy atom. The average molecular weight is 731 g/mol. The Bertz CT molecular complexity index is 2260. The quantitative estimate of drug-likeness (QED) is 0.125. The molecule has 1 aliphatic heterocycles. The molecule has 3 N–H and O–H groups in total. The molecule has 10 nitrogen and oxygen atoms in total. The van der Waals surface area contributed by atoms with Crippen LogP contribution in [-0.4, -0.2) is 41.1 Å². The van der Waals surface area contributed by atoms with Crippen LogP contribution in [0.5, 0.6) is 0 Å². The van der Waals surface area contributed by atoms with Crippen molar-refractivity contribution in [2.24, 2.45) is 5.92 Å². The van der Waals surface area contributed by atoms with Gasteiger partial charge < -0.3 is 24.5 Å². The smallest absolute Gasteiger partial charge is 0.242 e. The van der Waals surface area contributed by atoms with Crippen molar-refractivity contribution >= 4 is 32.7 Å². The molecule has 1 aromatic heterocycles. The number of aryl methyl sites for hydroxylation is 1. The molecule has 11 heteroatoms. The molecule has 7 rings (SSSR count). The second kappa shape index (κ2) is 15.8. The van der Waals surface area contributed by atoms with Crippen LogP contribution < -0.4 is 10.0 Å². The van der Waals surface area contributed by atoms with E-state index in [4.69, 9.17) is 9.47 Å². The first-order valence-corrected chi connectivity index (χ1v) is 19.1. The number of carbonyl (C=O) groups excluding carboxylic acids is 1. The van der Waals surface area contributed by atoms with Gasteiger partial charge in [-0.15, -0.1) is 0 Å². The molecule has 53 heavy (non-hydrogen) atoms. The summed E-state index contributed by atoms with van der Waals surface area (Å²) in [6.45, 7) is 4.51. The Morgan fingerprint density at radius 2 is 1.51 bits per heavy atom. The Morgan fingerprint density at radius 3 is 2.23 bits per heavy atom. The lowest BCUT2D eigenvalue weighted by Gasteiger charge is -2.41. The van der Waals surface area contributed by atoms with E-state index < -0.39 is 28.3 Å². The Hall–Kier alpha value is -5.17. The van der Waals surface area contributed by atoms with E-state index in [0.29, 0.717) is 12.2 Å². The summed E-state index contributed by atoms with van der Waals surface area (Å²) < 4.78 is 44.7. The first-order valence-electron chi connectivity index (χ1n) is 17.6. The van der Waals surface area contributed by atoms with Gasteiger partial charge in [-0.25, -0.2) is 13.4 Å². The Balaban J connectivity index is 1.11. The number of aliphatic hydroxyl groups is 1. The zero-order chi connectivity index (χ0) is 37.0. The number of sulfonamides is 1. The van der Waals surface area contributed by atoms with E-state index in [1.165, 1.54) is 12.1 Å². The minimum atomic E-state index is -3.99. The lowest BCUT2D eigenvalue weighted by molar-refractivity contribution is -0.276. The Labute approximate surface area is 309 Å². The van der Waals surface area contributed by atoms with Crippen LogP contribution in [0.3, 0.4) is 0 Å². The van der Waals surface area contributed by atoms with E-state index in [1.807, 2.05) is 104 Å². The summed E-state index contributed by atoms with van der Waals surface area (Å²) in [7, 11) is -3.99. The molecule has 2 heterocycles. The molecule has 0 unspecified atom stereocenters. The number of benzene rings is 5. The first-order chi connectivity index (χ1) is 25.7. The summed E-state index contributed by atoms with van der Waals surface area (Å²) in [6.07, 6.45) is 0.728. The fourth-order valence-corrected chi connectivity index (χ4v) is 7.84. The van der Waals surface area contributed by atoms with Crippen molar-refractivity contribution in [1.82, 2.24) is 14.3 Å². The molecule has 1 fully saturated rings. The fraction of sp³-hybridized carbons (Fsp3) is 0.238. The van der Waals surface area contributed by atoms with Gasteiger partial charge in [0, 0.05) is 17.2 Å². The number of hydrogen-bond donors (Lipinski definition) is 3. The summed E-state index contributed by atoms with van der Waals surface area (Å²) in [5.74, 6) is -0.522. The van der Waals surface area contributed by atoms with Crippen molar-refractivity contribution in [2.45, 2.75) is 62.9 Å². The molecule has 6 aromatic rings. The summed E-state index contributed by atoms with van der Waals surface area (Å²) in [4.78, 5) is 18.4. The van der Waals surface area contributed by atoms with E-state index >= 15 is 0 Å². The molecule has 1 aliphatic rings. The highest BCUT2D eigenvalue weighted by molar-refractivity contribution is 7.89. The van der Waals surface area contributed by atoms with Gasteiger partial charge in [0.1, 0.15) is 6.04 Å². The number of nitrogens with one attached hydrogen (secondary N) is 2. The van der Waals surface area contributed by atoms with Gasteiger partial charge in [-0.3, -0.25) is 4.79 Å². The number of rotatable bonds is 12. The molecule has 0 saturated carbocycles. The predicted octanol–water partition coefficient (Wildman–Crippen LogP) is 6.86. The van der Waals surface area contributed by atoms with E-state index in [2.05, 4.69) is 26.5 Å². The second-order valence-electron chi connectivity index (χ2n) is 13.5. The van der Waals surface area contributed by atoms with Gasteiger partial charge in [0.15, 0.2) is 6.29 Å². The lowest BCUT2D eigenvalue weighted by Crippen LogP contribution is -2.45. The third kappa shape index (κ3) is 8.40. The number of amides is 1. The topological polar surface area (TPSA) is 132 Å². The van der Waals surface area contributed by atoms with Gasteiger partial charge >= 0.3 is 0 Å². The number of aliphatic hydroxyl groups excluding tert-OH is 1. The normalized spacial score (nSPS) is 19.5. The van der Waals surface area contributed by atoms with Crippen molar-refractivity contribution in [3.8, 4) is 0 Å². The molecular weight excluding hydrogens is 689 g/mol. The molecule has 1 saturated heterocycles. The molecule has 5 atom stereocenters. The maximum atomic E-state index is 13.7. The number of imidazole rings is 1. The Kier molecular flexibility index (Phi) is 10.8. The highest BCUT2D eigenvalue weighted by Crippen LogP contribution is 2.42. The lowest BCUT2D eigenvalue weighted by atomic mass is 9.90. The molecular formula is C42H42N4O6S. The number of carbonyl (C=O) groups is 1. The zero-order valence-corrected chi connectivity index (χ0v) is 30.3. The van der Waals surface area contributed by atoms with Crippen LogP contribution in [0.4, 0.5) is 5.69 Å². The highest BCUT2D eigenvalue weighted by atomic mass is 32.2. The van der Waals surface area contributed by atoms with Crippen molar-refractivity contribution in [1.29, 1.82) is 0 Å². The van der Waals surface area contributed by atoms with Gasteiger partial charge in [-0.2, -0.15) is 4.72 Å². The summed E-state index contributed by atoms with van der Waals surface area (Å²) in [5, 5.41) is 12.5. The molecule has 1 amide bonds. The van der Waals surface area contributed by atoms with Crippen molar-refractivity contribution in [2.75, 3.05) is 5.32 Å².